The molecule has 0 aliphatic heterocycles. The van der Waals surface area contributed by atoms with Gasteiger partial charge in [-0.15, -0.1) is 0 Å². The Balaban J connectivity index is 2.39. The second-order valence-electron chi connectivity index (χ2n) is 5.14. The fraction of sp³-hybridized carbons (Fsp3) is 0.316. The van der Waals surface area contributed by atoms with E-state index in [1.54, 1.807) is 30.3 Å². The standard InChI is InChI=1S/C19H24N2O4/c1-4-23-16-11-13(12-17(24-5-2)18(16)25-6-3)19(22)21-15-10-8-7-9-14(15)20/h7-12H,4-6,20H2,1-3H3,(H,21,22). The molecule has 2 aromatic rings. The van der Waals surface area contributed by atoms with Crippen LogP contribution in [0, 0.1) is 0 Å². The third kappa shape index (κ3) is 4.56. The number of nitrogens with one attached hydrogen (secondary N) is 1. The van der Waals surface area contributed by atoms with Crippen LogP contribution in [0.1, 0.15) is 31.1 Å². The second kappa shape index (κ2) is 8.82. The van der Waals surface area contributed by atoms with Crippen LogP contribution in [0.5, 0.6) is 17.2 Å². The van der Waals surface area contributed by atoms with Crippen molar-refractivity contribution < 1.29 is 19.0 Å². The predicted octanol–water partition coefficient (Wildman–Crippen LogP) is 3.72. The molecule has 0 heterocycles. The molecule has 0 atom stereocenters. The minimum Gasteiger partial charge on any atom is -0.490 e. The molecule has 6 nitrogen and oxygen atoms in total. The van der Waals surface area contributed by atoms with Crippen molar-refractivity contribution in [2.75, 3.05) is 30.9 Å². The highest BCUT2D eigenvalue weighted by Crippen LogP contribution is 2.39. The van der Waals surface area contributed by atoms with Gasteiger partial charge >= 0.3 is 0 Å². The molecule has 0 spiro atoms. The van der Waals surface area contributed by atoms with E-state index in [1.807, 2.05) is 26.8 Å². The van der Waals surface area contributed by atoms with Gasteiger partial charge in [-0.2, -0.15) is 0 Å². The van der Waals surface area contributed by atoms with Crippen LogP contribution < -0.4 is 25.3 Å². The number of benzene rings is 2. The van der Waals surface area contributed by atoms with E-state index >= 15 is 0 Å². The molecule has 2 rings (SSSR count). The number of rotatable bonds is 8. The molecular weight excluding hydrogens is 320 g/mol. The SMILES string of the molecule is CCOc1cc(C(=O)Nc2ccccc2N)cc(OCC)c1OCC. The molecule has 0 unspecified atom stereocenters. The fourth-order valence-corrected chi connectivity index (χ4v) is 2.33. The first-order valence-corrected chi connectivity index (χ1v) is 8.32. The minimum atomic E-state index is -0.303. The van der Waals surface area contributed by atoms with E-state index in [1.165, 1.54) is 0 Å². The molecule has 0 bridgehead atoms. The maximum Gasteiger partial charge on any atom is 0.255 e. The van der Waals surface area contributed by atoms with Crippen molar-refractivity contribution in [2.24, 2.45) is 0 Å². The Bertz CT molecular complexity index is 704. The molecule has 0 fully saturated rings. The molecule has 6 heteroatoms. The fourth-order valence-electron chi connectivity index (χ4n) is 2.33. The lowest BCUT2D eigenvalue weighted by molar-refractivity contribution is 0.102. The molecule has 0 aromatic heterocycles. The number of hydrogen-bond donors (Lipinski definition) is 2. The third-order valence-corrected chi connectivity index (χ3v) is 3.38. The summed E-state index contributed by atoms with van der Waals surface area (Å²) in [5, 5.41) is 2.80. The molecule has 0 aliphatic carbocycles. The molecule has 2 aromatic carbocycles. The second-order valence-corrected chi connectivity index (χ2v) is 5.14. The zero-order valence-electron chi connectivity index (χ0n) is 14.8. The van der Waals surface area contributed by atoms with Crippen LogP contribution in [0.15, 0.2) is 36.4 Å². The zero-order chi connectivity index (χ0) is 18.2. The molecule has 0 saturated carbocycles. The summed E-state index contributed by atoms with van der Waals surface area (Å²) < 4.78 is 16.9. The van der Waals surface area contributed by atoms with Gasteiger partial charge in [0.1, 0.15) is 0 Å². The third-order valence-electron chi connectivity index (χ3n) is 3.38. The molecule has 0 aliphatic rings. The largest absolute Gasteiger partial charge is 0.490 e. The summed E-state index contributed by atoms with van der Waals surface area (Å²) in [6, 6.07) is 10.4. The summed E-state index contributed by atoms with van der Waals surface area (Å²) in [6.07, 6.45) is 0. The molecule has 0 saturated heterocycles. The summed E-state index contributed by atoms with van der Waals surface area (Å²) in [6.45, 7) is 6.97. The Hall–Kier alpha value is -2.89. The van der Waals surface area contributed by atoms with Crippen molar-refractivity contribution >= 4 is 17.3 Å². The van der Waals surface area contributed by atoms with Gasteiger partial charge in [0, 0.05) is 5.56 Å². The van der Waals surface area contributed by atoms with E-state index in [0.29, 0.717) is 54.0 Å². The Morgan fingerprint density at radius 3 is 2.04 bits per heavy atom. The van der Waals surface area contributed by atoms with Gasteiger partial charge in [-0.05, 0) is 45.0 Å². The Morgan fingerprint density at radius 2 is 1.52 bits per heavy atom. The van der Waals surface area contributed by atoms with Crippen LogP contribution in [0.3, 0.4) is 0 Å². The monoisotopic (exact) mass is 344 g/mol. The molecule has 3 N–H and O–H groups in total. The summed E-state index contributed by atoms with van der Waals surface area (Å²) in [5.74, 6) is 1.15. The van der Waals surface area contributed by atoms with E-state index < -0.39 is 0 Å². The lowest BCUT2D eigenvalue weighted by atomic mass is 10.1. The van der Waals surface area contributed by atoms with E-state index in [4.69, 9.17) is 19.9 Å². The summed E-state index contributed by atoms with van der Waals surface area (Å²) in [5.41, 5.74) is 7.33. The van der Waals surface area contributed by atoms with Gasteiger partial charge in [-0.1, -0.05) is 12.1 Å². The summed E-state index contributed by atoms with van der Waals surface area (Å²) in [7, 11) is 0. The van der Waals surface area contributed by atoms with Crippen LogP contribution in [-0.2, 0) is 0 Å². The maximum atomic E-state index is 12.6. The lowest BCUT2D eigenvalue weighted by Gasteiger charge is -2.17. The van der Waals surface area contributed by atoms with Crippen molar-refractivity contribution in [3.63, 3.8) is 0 Å². The summed E-state index contributed by atoms with van der Waals surface area (Å²) >= 11 is 0. The van der Waals surface area contributed by atoms with Crippen LogP contribution >= 0.6 is 0 Å². The molecule has 134 valence electrons. The molecule has 0 radical (unpaired) electrons. The van der Waals surface area contributed by atoms with Gasteiger partial charge in [-0.25, -0.2) is 0 Å². The zero-order valence-corrected chi connectivity index (χ0v) is 14.8. The molecule has 25 heavy (non-hydrogen) atoms. The number of anilines is 2. The normalized spacial score (nSPS) is 10.2. The molecule has 1 amide bonds. The van der Waals surface area contributed by atoms with Gasteiger partial charge in [0.15, 0.2) is 11.5 Å². The average molecular weight is 344 g/mol. The maximum absolute atomic E-state index is 12.6. The predicted molar refractivity (Wildman–Crippen MR) is 98.8 cm³/mol. The topological polar surface area (TPSA) is 82.8 Å². The minimum absolute atomic E-state index is 0.303. The summed E-state index contributed by atoms with van der Waals surface area (Å²) in [4.78, 5) is 12.6. The van der Waals surface area contributed by atoms with Crippen LogP contribution in [0.25, 0.3) is 0 Å². The van der Waals surface area contributed by atoms with E-state index in [-0.39, 0.29) is 5.91 Å². The van der Waals surface area contributed by atoms with Crippen molar-refractivity contribution in [3.8, 4) is 17.2 Å². The van der Waals surface area contributed by atoms with Gasteiger partial charge in [0.25, 0.3) is 5.91 Å². The Morgan fingerprint density at radius 1 is 0.960 bits per heavy atom. The highest BCUT2D eigenvalue weighted by atomic mass is 16.5. The quantitative estimate of drug-likeness (QED) is 0.713. The van der Waals surface area contributed by atoms with Crippen LogP contribution in [-0.4, -0.2) is 25.7 Å². The number of ether oxygens (including phenoxy) is 3. The van der Waals surface area contributed by atoms with Crippen LogP contribution in [0.2, 0.25) is 0 Å². The number of carbonyl (C=O) groups is 1. The number of carbonyl (C=O) groups excluding carboxylic acids is 1. The Kier molecular flexibility index (Phi) is 6.51. The van der Waals surface area contributed by atoms with Gasteiger partial charge < -0.3 is 25.3 Å². The first-order valence-electron chi connectivity index (χ1n) is 8.32. The number of nitrogens with two attached hydrogens (primary N) is 1. The first kappa shape index (κ1) is 18.4. The highest BCUT2D eigenvalue weighted by Gasteiger charge is 2.18. The molecular formula is C19H24N2O4. The van der Waals surface area contributed by atoms with Gasteiger partial charge in [0.2, 0.25) is 5.75 Å². The van der Waals surface area contributed by atoms with E-state index in [0.717, 1.165) is 0 Å². The van der Waals surface area contributed by atoms with Crippen LogP contribution in [0.4, 0.5) is 11.4 Å². The average Bonchev–Trinajstić information content (AvgIpc) is 2.60. The van der Waals surface area contributed by atoms with Crippen molar-refractivity contribution in [2.45, 2.75) is 20.8 Å². The number of para-hydroxylation sites is 2. The van der Waals surface area contributed by atoms with Crippen molar-refractivity contribution in [1.29, 1.82) is 0 Å². The smallest absolute Gasteiger partial charge is 0.255 e. The number of hydrogen-bond acceptors (Lipinski definition) is 5. The van der Waals surface area contributed by atoms with Crippen molar-refractivity contribution in [1.82, 2.24) is 0 Å². The Labute approximate surface area is 147 Å². The number of nitrogen functional groups attached to an aromatic ring is 1. The van der Waals surface area contributed by atoms with E-state index in [2.05, 4.69) is 5.32 Å². The van der Waals surface area contributed by atoms with Crippen molar-refractivity contribution in [3.05, 3.63) is 42.0 Å². The van der Waals surface area contributed by atoms with Gasteiger partial charge in [-0.3, -0.25) is 4.79 Å². The number of amides is 1. The highest BCUT2D eigenvalue weighted by molar-refractivity contribution is 6.06. The lowest BCUT2D eigenvalue weighted by Crippen LogP contribution is -2.14. The first-order chi connectivity index (χ1) is 12.1. The van der Waals surface area contributed by atoms with E-state index in [9.17, 15) is 4.79 Å². The van der Waals surface area contributed by atoms with Gasteiger partial charge in [0.05, 0.1) is 31.2 Å².